The molecule has 0 aliphatic carbocycles. The number of aromatic nitrogens is 2. The summed E-state index contributed by atoms with van der Waals surface area (Å²) in [5.74, 6) is 0.980. The van der Waals surface area contributed by atoms with Crippen LogP contribution in [0.2, 0.25) is 0 Å². The maximum Gasteiger partial charge on any atom is 0.258 e. The molecular weight excluding hydrogens is 351 g/mol. The summed E-state index contributed by atoms with van der Waals surface area (Å²) in [5, 5.41) is 5.67. The van der Waals surface area contributed by atoms with Crippen molar-refractivity contribution < 1.29 is 18.7 Å². The van der Waals surface area contributed by atoms with Crippen LogP contribution < -0.4 is 20.1 Å². The minimum absolute atomic E-state index is 0.231. The number of amides is 1. The Balaban J connectivity index is 1.36. The third kappa shape index (κ3) is 3.95. The SMILES string of the molecule is O=C(Nc1cccc(F)c1)c1cnc(NCc2ccc3c(c2)OCO3)nc1. The summed E-state index contributed by atoms with van der Waals surface area (Å²) in [6.45, 7) is 0.722. The van der Waals surface area contributed by atoms with Crippen LogP contribution in [0.1, 0.15) is 15.9 Å². The van der Waals surface area contributed by atoms with Crippen LogP contribution in [0.4, 0.5) is 16.0 Å². The Hall–Kier alpha value is -3.68. The highest BCUT2D eigenvalue weighted by atomic mass is 19.1. The van der Waals surface area contributed by atoms with E-state index in [1.807, 2.05) is 18.2 Å². The highest BCUT2D eigenvalue weighted by Gasteiger charge is 2.13. The Morgan fingerprint density at radius 1 is 1.07 bits per heavy atom. The zero-order chi connectivity index (χ0) is 18.6. The van der Waals surface area contributed by atoms with Gasteiger partial charge in [0.15, 0.2) is 11.5 Å². The lowest BCUT2D eigenvalue weighted by Gasteiger charge is -2.07. The molecule has 1 amide bonds. The lowest BCUT2D eigenvalue weighted by atomic mass is 10.2. The van der Waals surface area contributed by atoms with Gasteiger partial charge < -0.3 is 20.1 Å². The van der Waals surface area contributed by atoms with Gasteiger partial charge in [0.2, 0.25) is 12.7 Å². The van der Waals surface area contributed by atoms with E-state index in [-0.39, 0.29) is 12.4 Å². The number of carbonyl (C=O) groups excluding carboxylic acids is 1. The molecule has 1 aliphatic heterocycles. The van der Waals surface area contributed by atoms with Gasteiger partial charge in [-0.25, -0.2) is 14.4 Å². The number of nitrogens with one attached hydrogen (secondary N) is 2. The minimum Gasteiger partial charge on any atom is -0.454 e. The topological polar surface area (TPSA) is 85.4 Å². The van der Waals surface area contributed by atoms with Gasteiger partial charge in [0.25, 0.3) is 5.91 Å². The van der Waals surface area contributed by atoms with Gasteiger partial charge in [-0.15, -0.1) is 0 Å². The van der Waals surface area contributed by atoms with Gasteiger partial charge in [-0.05, 0) is 35.9 Å². The molecule has 2 heterocycles. The summed E-state index contributed by atoms with van der Waals surface area (Å²) < 4.78 is 23.8. The van der Waals surface area contributed by atoms with Crippen LogP contribution in [0, 0.1) is 5.82 Å². The standard InChI is InChI=1S/C19H15FN4O3/c20-14-2-1-3-15(7-14)24-18(25)13-9-22-19(23-10-13)21-8-12-4-5-16-17(6-12)27-11-26-16/h1-7,9-10H,8,11H2,(H,24,25)(H,21,22,23). The molecule has 27 heavy (non-hydrogen) atoms. The second-order valence-electron chi connectivity index (χ2n) is 5.80. The highest BCUT2D eigenvalue weighted by molar-refractivity contribution is 6.03. The monoisotopic (exact) mass is 366 g/mol. The average molecular weight is 366 g/mol. The van der Waals surface area contributed by atoms with Crippen molar-refractivity contribution in [3.63, 3.8) is 0 Å². The van der Waals surface area contributed by atoms with E-state index in [1.54, 1.807) is 6.07 Å². The van der Waals surface area contributed by atoms with Crippen molar-refractivity contribution in [3.05, 3.63) is 71.8 Å². The van der Waals surface area contributed by atoms with E-state index >= 15 is 0 Å². The van der Waals surface area contributed by atoms with Crippen LogP contribution in [0.25, 0.3) is 0 Å². The molecule has 2 N–H and O–H groups in total. The Bertz CT molecular complexity index is 979. The number of nitrogens with zero attached hydrogens (tertiary/aromatic N) is 2. The molecule has 2 aromatic carbocycles. The third-order valence-corrected chi connectivity index (χ3v) is 3.88. The van der Waals surface area contributed by atoms with Crippen LogP contribution in [0.15, 0.2) is 54.9 Å². The van der Waals surface area contributed by atoms with Crippen molar-refractivity contribution in [2.24, 2.45) is 0 Å². The fourth-order valence-electron chi connectivity index (χ4n) is 2.54. The van der Waals surface area contributed by atoms with E-state index in [9.17, 15) is 9.18 Å². The van der Waals surface area contributed by atoms with E-state index in [4.69, 9.17) is 9.47 Å². The smallest absolute Gasteiger partial charge is 0.258 e. The maximum absolute atomic E-state index is 13.2. The first kappa shape index (κ1) is 16.8. The maximum atomic E-state index is 13.2. The van der Waals surface area contributed by atoms with Crippen LogP contribution in [-0.4, -0.2) is 22.7 Å². The van der Waals surface area contributed by atoms with Gasteiger partial charge in [-0.1, -0.05) is 12.1 Å². The second-order valence-corrected chi connectivity index (χ2v) is 5.80. The van der Waals surface area contributed by atoms with Crippen molar-refractivity contribution in [3.8, 4) is 11.5 Å². The molecule has 0 spiro atoms. The highest BCUT2D eigenvalue weighted by Crippen LogP contribution is 2.32. The van der Waals surface area contributed by atoms with Crippen molar-refractivity contribution in [2.75, 3.05) is 17.4 Å². The molecule has 1 aromatic heterocycles. The molecule has 0 saturated heterocycles. The Morgan fingerprint density at radius 3 is 2.70 bits per heavy atom. The van der Waals surface area contributed by atoms with Crippen LogP contribution in [-0.2, 0) is 6.54 Å². The minimum atomic E-state index is -0.424. The predicted molar refractivity (Wildman–Crippen MR) is 96.3 cm³/mol. The van der Waals surface area contributed by atoms with Gasteiger partial charge in [0, 0.05) is 24.6 Å². The Morgan fingerprint density at radius 2 is 1.89 bits per heavy atom. The first-order valence-electron chi connectivity index (χ1n) is 8.19. The largest absolute Gasteiger partial charge is 0.454 e. The normalized spacial score (nSPS) is 11.9. The molecule has 136 valence electrons. The van der Waals surface area contributed by atoms with Crippen LogP contribution in [0.3, 0.4) is 0 Å². The van der Waals surface area contributed by atoms with Crippen molar-refractivity contribution in [2.45, 2.75) is 6.54 Å². The molecule has 7 nitrogen and oxygen atoms in total. The van der Waals surface area contributed by atoms with Gasteiger partial charge in [-0.2, -0.15) is 0 Å². The molecule has 0 bridgehead atoms. The summed E-state index contributed by atoms with van der Waals surface area (Å²) in [6.07, 6.45) is 2.81. The number of anilines is 2. The first-order chi connectivity index (χ1) is 13.2. The number of hydrogen-bond donors (Lipinski definition) is 2. The molecule has 0 atom stereocenters. The van der Waals surface area contributed by atoms with Gasteiger partial charge in [0.05, 0.1) is 5.56 Å². The van der Waals surface area contributed by atoms with Crippen LogP contribution >= 0.6 is 0 Å². The summed E-state index contributed by atoms with van der Waals surface area (Å²) in [5.41, 5.74) is 1.62. The van der Waals surface area contributed by atoms with E-state index in [1.165, 1.54) is 30.6 Å². The number of benzene rings is 2. The molecule has 1 aliphatic rings. The number of hydrogen-bond acceptors (Lipinski definition) is 6. The number of ether oxygens (including phenoxy) is 2. The van der Waals surface area contributed by atoms with Crippen molar-refractivity contribution in [1.82, 2.24) is 9.97 Å². The summed E-state index contributed by atoms with van der Waals surface area (Å²) in [4.78, 5) is 20.4. The van der Waals surface area contributed by atoms with E-state index in [2.05, 4.69) is 20.6 Å². The summed E-state index contributed by atoms with van der Waals surface area (Å²) in [6, 6.07) is 11.3. The predicted octanol–water partition coefficient (Wildman–Crippen LogP) is 3.21. The fraction of sp³-hybridized carbons (Fsp3) is 0.105. The lowest BCUT2D eigenvalue weighted by molar-refractivity contribution is 0.102. The number of carbonyl (C=O) groups is 1. The second kappa shape index (κ2) is 7.28. The zero-order valence-electron chi connectivity index (χ0n) is 14.1. The number of fused-ring (bicyclic) bond motifs is 1. The van der Waals surface area contributed by atoms with Gasteiger partial charge in [0.1, 0.15) is 5.82 Å². The Kier molecular flexibility index (Phi) is 4.52. The summed E-state index contributed by atoms with van der Waals surface area (Å²) >= 11 is 0. The van der Waals surface area contributed by atoms with Crippen molar-refractivity contribution in [1.29, 1.82) is 0 Å². The molecule has 3 aromatic rings. The average Bonchev–Trinajstić information content (AvgIpc) is 3.14. The molecular formula is C19H15FN4O3. The quantitative estimate of drug-likeness (QED) is 0.721. The fourth-order valence-corrected chi connectivity index (χ4v) is 2.54. The van der Waals surface area contributed by atoms with Crippen LogP contribution in [0.5, 0.6) is 11.5 Å². The molecule has 8 heteroatoms. The lowest BCUT2D eigenvalue weighted by Crippen LogP contribution is -2.13. The molecule has 0 fully saturated rings. The molecule has 4 rings (SSSR count). The zero-order valence-corrected chi connectivity index (χ0v) is 14.1. The summed E-state index contributed by atoms with van der Waals surface area (Å²) in [7, 11) is 0. The first-order valence-corrected chi connectivity index (χ1v) is 8.19. The van der Waals surface area contributed by atoms with E-state index < -0.39 is 11.7 Å². The number of rotatable bonds is 5. The molecule has 0 radical (unpaired) electrons. The van der Waals surface area contributed by atoms with Gasteiger partial charge in [-0.3, -0.25) is 4.79 Å². The third-order valence-electron chi connectivity index (χ3n) is 3.88. The Labute approximate surface area is 154 Å². The molecule has 0 unspecified atom stereocenters. The van der Waals surface area contributed by atoms with E-state index in [0.29, 0.717) is 23.9 Å². The number of halogens is 1. The van der Waals surface area contributed by atoms with Gasteiger partial charge >= 0.3 is 0 Å². The molecule has 0 saturated carbocycles. The van der Waals surface area contributed by atoms with E-state index in [0.717, 1.165) is 11.3 Å². The van der Waals surface area contributed by atoms with Crippen molar-refractivity contribution >= 4 is 17.5 Å².